The van der Waals surface area contributed by atoms with Gasteiger partial charge in [0.05, 0.1) is 5.52 Å². The van der Waals surface area contributed by atoms with E-state index < -0.39 is 0 Å². The van der Waals surface area contributed by atoms with Crippen LogP contribution in [0.1, 0.15) is 20.8 Å². The van der Waals surface area contributed by atoms with Crippen molar-refractivity contribution < 1.29 is 4.74 Å². The maximum absolute atomic E-state index is 6.04. The molecule has 0 fully saturated rings. The zero-order valence-corrected chi connectivity index (χ0v) is 11.2. The number of nitrogens with zero attached hydrogens (tertiary/aromatic N) is 1. The number of aromatic nitrogens is 1. The SMILES string of the molecule is CCNC(C)C(C)Oc1cccc2ncccc12. The third kappa shape index (κ3) is 2.79. The normalized spacial score (nSPS) is 14.4. The molecule has 0 spiro atoms. The van der Waals surface area contributed by atoms with Crippen LogP contribution in [0, 0.1) is 0 Å². The fourth-order valence-corrected chi connectivity index (χ4v) is 1.97. The molecule has 1 aromatic heterocycles. The molecule has 1 aromatic carbocycles. The second-order valence-electron chi connectivity index (χ2n) is 4.50. The molecule has 2 unspecified atom stereocenters. The largest absolute Gasteiger partial charge is 0.488 e. The molecule has 18 heavy (non-hydrogen) atoms. The van der Waals surface area contributed by atoms with Crippen LogP contribution in [0.15, 0.2) is 36.5 Å². The van der Waals surface area contributed by atoms with Crippen molar-refractivity contribution in [3.8, 4) is 5.75 Å². The Bertz CT molecular complexity index is 507. The first-order valence-corrected chi connectivity index (χ1v) is 6.46. The summed E-state index contributed by atoms with van der Waals surface area (Å²) in [6.07, 6.45) is 1.92. The van der Waals surface area contributed by atoms with Crippen LogP contribution in [0.2, 0.25) is 0 Å². The minimum atomic E-state index is 0.121. The highest BCUT2D eigenvalue weighted by atomic mass is 16.5. The minimum absolute atomic E-state index is 0.121. The molecule has 0 saturated carbocycles. The lowest BCUT2D eigenvalue weighted by Gasteiger charge is -2.22. The van der Waals surface area contributed by atoms with Crippen molar-refractivity contribution in [1.29, 1.82) is 0 Å². The Labute approximate surface area is 108 Å². The van der Waals surface area contributed by atoms with E-state index in [0.717, 1.165) is 23.2 Å². The Morgan fingerprint density at radius 1 is 1.22 bits per heavy atom. The molecule has 2 rings (SSSR count). The zero-order chi connectivity index (χ0) is 13.0. The predicted molar refractivity (Wildman–Crippen MR) is 75.0 cm³/mol. The van der Waals surface area contributed by atoms with Crippen LogP contribution >= 0.6 is 0 Å². The highest BCUT2D eigenvalue weighted by molar-refractivity contribution is 5.84. The second kappa shape index (κ2) is 5.83. The van der Waals surface area contributed by atoms with Gasteiger partial charge >= 0.3 is 0 Å². The number of ether oxygens (including phenoxy) is 1. The summed E-state index contributed by atoms with van der Waals surface area (Å²) in [5.41, 5.74) is 0.971. The summed E-state index contributed by atoms with van der Waals surface area (Å²) in [6, 6.07) is 10.3. The second-order valence-corrected chi connectivity index (χ2v) is 4.50. The summed E-state index contributed by atoms with van der Waals surface area (Å²) in [5, 5.41) is 4.44. The zero-order valence-electron chi connectivity index (χ0n) is 11.2. The Hall–Kier alpha value is -1.61. The van der Waals surface area contributed by atoms with E-state index in [1.165, 1.54) is 0 Å². The van der Waals surface area contributed by atoms with E-state index in [0.29, 0.717) is 6.04 Å². The lowest BCUT2D eigenvalue weighted by molar-refractivity contribution is 0.181. The van der Waals surface area contributed by atoms with Crippen molar-refractivity contribution in [2.75, 3.05) is 6.54 Å². The molecular formula is C15H20N2O. The van der Waals surface area contributed by atoms with Crippen LogP contribution in [0.5, 0.6) is 5.75 Å². The first kappa shape index (κ1) is 12.8. The van der Waals surface area contributed by atoms with E-state index in [9.17, 15) is 0 Å². The molecule has 0 saturated heterocycles. The van der Waals surface area contributed by atoms with Gasteiger partial charge in [0, 0.05) is 17.6 Å². The number of likely N-dealkylation sites (N-methyl/N-ethyl adjacent to an activating group) is 1. The average molecular weight is 244 g/mol. The third-order valence-electron chi connectivity index (χ3n) is 3.15. The van der Waals surface area contributed by atoms with Crippen LogP contribution in [-0.2, 0) is 0 Å². The van der Waals surface area contributed by atoms with Crippen LogP contribution < -0.4 is 10.1 Å². The number of benzene rings is 1. The summed E-state index contributed by atoms with van der Waals surface area (Å²) < 4.78 is 6.04. The van der Waals surface area contributed by atoms with Gasteiger partial charge in [0.2, 0.25) is 0 Å². The monoisotopic (exact) mass is 244 g/mol. The van der Waals surface area contributed by atoms with Gasteiger partial charge in [-0.25, -0.2) is 0 Å². The molecule has 2 atom stereocenters. The third-order valence-corrected chi connectivity index (χ3v) is 3.15. The topological polar surface area (TPSA) is 34.1 Å². The minimum Gasteiger partial charge on any atom is -0.488 e. The quantitative estimate of drug-likeness (QED) is 0.878. The van der Waals surface area contributed by atoms with Crippen LogP contribution in [0.25, 0.3) is 10.9 Å². The van der Waals surface area contributed by atoms with Gasteiger partial charge in [-0.2, -0.15) is 0 Å². The molecular weight excluding hydrogens is 224 g/mol. The standard InChI is InChI=1S/C15H20N2O/c1-4-16-11(2)12(3)18-15-9-5-8-14-13(15)7-6-10-17-14/h5-12,16H,4H2,1-3H3. The molecule has 2 aromatic rings. The van der Waals surface area contributed by atoms with E-state index in [-0.39, 0.29) is 6.10 Å². The molecule has 0 aliphatic heterocycles. The molecule has 0 bridgehead atoms. The smallest absolute Gasteiger partial charge is 0.129 e. The van der Waals surface area contributed by atoms with Gasteiger partial charge < -0.3 is 10.1 Å². The summed E-state index contributed by atoms with van der Waals surface area (Å²) in [7, 11) is 0. The summed E-state index contributed by atoms with van der Waals surface area (Å²) in [4.78, 5) is 4.33. The van der Waals surface area contributed by atoms with Crippen LogP contribution in [0.3, 0.4) is 0 Å². The molecule has 1 heterocycles. The van der Waals surface area contributed by atoms with Crippen molar-refractivity contribution in [2.45, 2.75) is 32.9 Å². The lowest BCUT2D eigenvalue weighted by atomic mass is 10.2. The molecule has 0 radical (unpaired) electrons. The van der Waals surface area contributed by atoms with Gasteiger partial charge in [0.25, 0.3) is 0 Å². The predicted octanol–water partition coefficient (Wildman–Crippen LogP) is 3.00. The van der Waals surface area contributed by atoms with E-state index in [1.807, 2.05) is 30.3 Å². The molecule has 0 aliphatic carbocycles. The average Bonchev–Trinajstić information content (AvgIpc) is 2.39. The molecule has 96 valence electrons. The number of hydrogen-bond donors (Lipinski definition) is 1. The summed E-state index contributed by atoms with van der Waals surface area (Å²) >= 11 is 0. The molecule has 1 N–H and O–H groups in total. The molecule has 3 nitrogen and oxygen atoms in total. The van der Waals surface area contributed by atoms with Gasteiger partial charge in [0.1, 0.15) is 11.9 Å². The van der Waals surface area contributed by atoms with E-state index in [4.69, 9.17) is 4.74 Å². The van der Waals surface area contributed by atoms with Gasteiger partial charge in [-0.1, -0.05) is 13.0 Å². The lowest BCUT2D eigenvalue weighted by Crippen LogP contribution is -2.38. The molecule has 3 heteroatoms. The highest BCUT2D eigenvalue weighted by Gasteiger charge is 2.13. The van der Waals surface area contributed by atoms with Gasteiger partial charge in [-0.05, 0) is 44.7 Å². The fourth-order valence-electron chi connectivity index (χ4n) is 1.97. The van der Waals surface area contributed by atoms with Crippen molar-refractivity contribution in [3.63, 3.8) is 0 Å². The molecule has 0 aliphatic rings. The first-order valence-electron chi connectivity index (χ1n) is 6.46. The van der Waals surface area contributed by atoms with Crippen LogP contribution in [-0.4, -0.2) is 23.7 Å². The fraction of sp³-hybridized carbons (Fsp3) is 0.400. The van der Waals surface area contributed by atoms with E-state index in [2.05, 4.69) is 31.1 Å². The Morgan fingerprint density at radius 3 is 2.83 bits per heavy atom. The van der Waals surface area contributed by atoms with Gasteiger partial charge in [0.15, 0.2) is 0 Å². The number of rotatable bonds is 5. The maximum Gasteiger partial charge on any atom is 0.129 e. The van der Waals surface area contributed by atoms with Crippen molar-refractivity contribution >= 4 is 10.9 Å². The number of nitrogens with one attached hydrogen (secondary N) is 1. The highest BCUT2D eigenvalue weighted by Crippen LogP contribution is 2.25. The van der Waals surface area contributed by atoms with Gasteiger partial charge in [-0.3, -0.25) is 4.98 Å². The first-order chi connectivity index (χ1) is 8.72. The Balaban J connectivity index is 2.21. The van der Waals surface area contributed by atoms with Crippen molar-refractivity contribution in [1.82, 2.24) is 10.3 Å². The Morgan fingerprint density at radius 2 is 2.06 bits per heavy atom. The van der Waals surface area contributed by atoms with Crippen molar-refractivity contribution in [3.05, 3.63) is 36.5 Å². The Kier molecular flexibility index (Phi) is 4.15. The van der Waals surface area contributed by atoms with E-state index >= 15 is 0 Å². The van der Waals surface area contributed by atoms with E-state index in [1.54, 1.807) is 6.20 Å². The van der Waals surface area contributed by atoms with Crippen LogP contribution in [0.4, 0.5) is 0 Å². The van der Waals surface area contributed by atoms with Gasteiger partial charge in [-0.15, -0.1) is 0 Å². The number of pyridine rings is 1. The molecule has 0 amide bonds. The number of hydrogen-bond acceptors (Lipinski definition) is 3. The maximum atomic E-state index is 6.04. The summed E-state index contributed by atoms with van der Waals surface area (Å²) in [5.74, 6) is 0.901. The van der Waals surface area contributed by atoms with Crippen molar-refractivity contribution in [2.24, 2.45) is 0 Å². The number of fused-ring (bicyclic) bond motifs is 1. The summed E-state index contributed by atoms with van der Waals surface area (Å²) in [6.45, 7) is 7.27.